The Balaban J connectivity index is 1.84. The highest BCUT2D eigenvalue weighted by atomic mass is 16.5. The third-order valence-corrected chi connectivity index (χ3v) is 2.75. The number of methoxy groups -OCH3 is 1. The molecule has 2 N–H and O–H groups in total. The van der Waals surface area contributed by atoms with Gasteiger partial charge in [-0.3, -0.25) is 4.68 Å². The Kier molecular flexibility index (Phi) is 4.78. The first-order valence-electron chi connectivity index (χ1n) is 6.28. The fourth-order valence-electron chi connectivity index (χ4n) is 1.72. The van der Waals surface area contributed by atoms with Crippen molar-refractivity contribution < 1.29 is 13.9 Å². The number of carbonyl (C=O) groups excluding carboxylic acids is 1. The molecule has 0 saturated carbocycles. The number of nitrogens with one attached hydrogen (secondary N) is 2. The van der Waals surface area contributed by atoms with Crippen LogP contribution in [0.1, 0.15) is 5.76 Å². The van der Waals surface area contributed by atoms with E-state index in [1.807, 2.05) is 25.2 Å². The van der Waals surface area contributed by atoms with Crippen LogP contribution in [0.3, 0.4) is 0 Å². The lowest BCUT2D eigenvalue weighted by molar-refractivity contribution is 0.195. The van der Waals surface area contributed by atoms with E-state index >= 15 is 0 Å². The summed E-state index contributed by atoms with van der Waals surface area (Å²) in [4.78, 5) is 11.4. The lowest BCUT2D eigenvalue weighted by atomic mass is 10.3. The van der Waals surface area contributed by atoms with Crippen molar-refractivity contribution in [1.82, 2.24) is 20.4 Å². The molecule has 2 aromatic heterocycles. The monoisotopic (exact) mass is 278 g/mol. The van der Waals surface area contributed by atoms with Crippen molar-refractivity contribution in [3.63, 3.8) is 0 Å². The van der Waals surface area contributed by atoms with Gasteiger partial charge in [0.2, 0.25) is 0 Å². The Hall–Kier alpha value is -2.28. The fourth-order valence-corrected chi connectivity index (χ4v) is 1.72. The molecule has 7 heteroatoms. The van der Waals surface area contributed by atoms with Crippen molar-refractivity contribution >= 4 is 6.03 Å². The number of furan rings is 1. The van der Waals surface area contributed by atoms with Crippen LogP contribution >= 0.6 is 0 Å². The van der Waals surface area contributed by atoms with Crippen LogP contribution in [0.4, 0.5) is 4.79 Å². The zero-order valence-electron chi connectivity index (χ0n) is 11.5. The lowest BCUT2D eigenvalue weighted by Crippen LogP contribution is -2.36. The highest BCUT2D eigenvalue weighted by Crippen LogP contribution is 2.20. The third kappa shape index (κ3) is 3.61. The maximum absolute atomic E-state index is 11.4. The van der Waals surface area contributed by atoms with Crippen LogP contribution in [-0.2, 0) is 18.3 Å². The second-order valence-corrected chi connectivity index (χ2v) is 4.21. The SMILES string of the molecule is COCCNC(=O)NCc1ccc(-c2ccnn2C)o1. The van der Waals surface area contributed by atoms with E-state index in [2.05, 4.69) is 15.7 Å². The van der Waals surface area contributed by atoms with Gasteiger partial charge in [0, 0.05) is 26.9 Å². The molecule has 108 valence electrons. The summed E-state index contributed by atoms with van der Waals surface area (Å²) in [7, 11) is 3.43. The average Bonchev–Trinajstić information content (AvgIpc) is 3.05. The predicted octanol–water partition coefficient (Wildman–Crippen LogP) is 1.13. The maximum atomic E-state index is 11.4. The molecule has 0 aliphatic rings. The van der Waals surface area contributed by atoms with Gasteiger partial charge in [0.25, 0.3) is 0 Å². The van der Waals surface area contributed by atoms with Crippen molar-refractivity contribution in [3.05, 3.63) is 30.2 Å². The van der Waals surface area contributed by atoms with Gasteiger partial charge in [-0.1, -0.05) is 0 Å². The Morgan fingerprint density at radius 1 is 1.40 bits per heavy atom. The van der Waals surface area contributed by atoms with Gasteiger partial charge >= 0.3 is 6.03 Å². The first-order valence-corrected chi connectivity index (χ1v) is 6.28. The number of rotatable bonds is 6. The minimum absolute atomic E-state index is 0.250. The fraction of sp³-hybridized carbons (Fsp3) is 0.385. The summed E-state index contributed by atoms with van der Waals surface area (Å²) in [5.41, 5.74) is 0.890. The van der Waals surface area contributed by atoms with Crippen LogP contribution < -0.4 is 10.6 Å². The van der Waals surface area contributed by atoms with Gasteiger partial charge in [-0.05, 0) is 18.2 Å². The predicted molar refractivity (Wildman–Crippen MR) is 73.0 cm³/mol. The topological polar surface area (TPSA) is 81.3 Å². The number of aryl methyl sites for hydroxylation is 1. The number of hydrogen-bond donors (Lipinski definition) is 2. The molecule has 0 saturated heterocycles. The molecule has 7 nitrogen and oxygen atoms in total. The van der Waals surface area contributed by atoms with Crippen LogP contribution in [0.15, 0.2) is 28.8 Å². The average molecular weight is 278 g/mol. The van der Waals surface area contributed by atoms with Crippen LogP contribution in [-0.4, -0.2) is 36.1 Å². The zero-order valence-corrected chi connectivity index (χ0v) is 11.5. The van der Waals surface area contributed by atoms with Gasteiger partial charge in [-0.15, -0.1) is 0 Å². The second-order valence-electron chi connectivity index (χ2n) is 4.21. The van der Waals surface area contributed by atoms with Crippen LogP contribution in [0.5, 0.6) is 0 Å². The summed E-state index contributed by atoms with van der Waals surface area (Å²) in [6, 6.07) is 5.31. The molecule has 2 rings (SSSR count). The zero-order chi connectivity index (χ0) is 14.4. The summed E-state index contributed by atoms with van der Waals surface area (Å²) in [6.07, 6.45) is 1.71. The Morgan fingerprint density at radius 2 is 2.25 bits per heavy atom. The summed E-state index contributed by atoms with van der Waals surface area (Å²) < 4.78 is 12.2. The highest BCUT2D eigenvalue weighted by molar-refractivity contribution is 5.73. The molecule has 0 atom stereocenters. The number of aromatic nitrogens is 2. The van der Waals surface area contributed by atoms with Gasteiger partial charge in [-0.2, -0.15) is 5.10 Å². The quantitative estimate of drug-likeness (QED) is 0.776. The van der Waals surface area contributed by atoms with Crippen molar-refractivity contribution in [2.24, 2.45) is 7.05 Å². The first kappa shape index (κ1) is 14.1. The van der Waals surface area contributed by atoms with E-state index in [1.165, 1.54) is 0 Å². The molecule has 0 aromatic carbocycles. The summed E-state index contributed by atoms with van der Waals surface area (Å²) >= 11 is 0. The molecule has 0 radical (unpaired) electrons. The molecule has 2 aromatic rings. The van der Waals surface area contributed by atoms with Crippen LogP contribution in [0, 0.1) is 0 Å². The number of nitrogens with zero attached hydrogens (tertiary/aromatic N) is 2. The molecular weight excluding hydrogens is 260 g/mol. The molecule has 0 bridgehead atoms. The summed E-state index contributed by atoms with van der Waals surface area (Å²) in [5.74, 6) is 1.41. The number of carbonyl (C=O) groups is 1. The van der Waals surface area contributed by atoms with Gasteiger partial charge < -0.3 is 19.8 Å². The van der Waals surface area contributed by atoms with E-state index in [0.29, 0.717) is 25.5 Å². The van der Waals surface area contributed by atoms with Crippen molar-refractivity contribution in [1.29, 1.82) is 0 Å². The van der Waals surface area contributed by atoms with Crippen molar-refractivity contribution in [3.8, 4) is 11.5 Å². The summed E-state index contributed by atoms with van der Waals surface area (Å²) in [6.45, 7) is 1.29. The first-order chi connectivity index (χ1) is 9.70. The van der Waals surface area contributed by atoms with E-state index in [-0.39, 0.29) is 6.03 Å². The molecule has 0 unspecified atom stereocenters. The minimum atomic E-state index is -0.250. The van der Waals surface area contributed by atoms with E-state index in [1.54, 1.807) is 18.0 Å². The van der Waals surface area contributed by atoms with E-state index in [0.717, 1.165) is 11.5 Å². The van der Waals surface area contributed by atoms with Crippen LogP contribution in [0.25, 0.3) is 11.5 Å². The van der Waals surface area contributed by atoms with Crippen LogP contribution in [0.2, 0.25) is 0 Å². The molecule has 2 amide bonds. The smallest absolute Gasteiger partial charge is 0.315 e. The molecule has 0 fully saturated rings. The number of ether oxygens (including phenoxy) is 1. The lowest BCUT2D eigenvalue weighted by Gasteiger charge is -2.05. The number of urea groups is 1. The number of amides is 2. The van der Waals surface area contributed by atoms with Gasteiger partial charge in [-0.25, -0.2) is 4.79 Å². The molecular formula is C13H18N4O3. The van der Waals surface area contributed by atoms with E-state index < -0.39 is 0 Å². The minimum Gasteiger partial charge on any atom is -0.458 e. The standard InChI is InChI=1S/C13H18N4O3/c1-17-11(5-6-16-17)12-4-3-10(20-12)9-15-13(18)14-7-8-19-2/h3-6H,7-9H2,1-2H3,(H2,14,15,18). The van der Waals surface area contributed by atoms with Gasteiger partial charge in [0.1, 0.15) is 11.5 Å². The molecule has 0 spiro atoms. The molecule has 2 heterocycles. The van der Waals surface area contributed by atoms with Crippen molar-refractivity contribution in [2.75, 3.05) is 20.3 Å². The van der Waals surface area contributed by atoms with Gasteiger partial charge in [0.05, 0.1) is 13.2 Å². The van der Waals surface area contributed by atoms with E-state index in [4.69, 9.17) is 9.15 Å². The molecule has 20 heavy (non-hydrogen) atoms. The molecule has 0 aliphatic heterocycles. The largest absolute Gasteiger partial charge is 0.458 e. The Morgan fingerprint density at radius 3 is 2.95 bits per heavy atom. The Labute approximate surface area is 116 Å². The van der Waals surface area contributed by atoms with E-state index in [9.17, 15) is 4.79 Å². The second kappa shape index (κ2) is 6.76. The highest BCUT2D eigenvalue weighted by Gasteiger charge is 2.08. The normalized spacial score (nSPS) is 10.5. The Bertz CT molecular complexity index is 561. The maximum Gasteiger partial charge on any atom is 0.315 e. The van der Waals surface area contributed by atoms with Gasteiger partial charge in [0.15, 0.2) is 5.76 Å². The number of hydrogen-bond acceptors (Lipinski definition) is 4. The van der Waals surface area contributed by atoms with Crippen molar-refractivity contribution in [2.45, 2.75) is 6.54 Å². The molecule has 0 aliphatic carbocycles. The summed E-state index contributed by atoms with van der Waals surface area (Å²) in [5, 5.41) is 9.46. The third-order valence-electron chi connectivity index (χ3n) is 2.75.